The maximum atomic E-state index is 12.5. The molecule has 33 heavy (non-hydrogen) atoms. The monoisotopic (exact) mass is 438 g/mol. The van der Waals surface area contributed by atoms with Gasteiger partial charge in [0.15, 0.2) is 0 Å². The zero-order chi connectivity index (χ0) is 23.3. The summed E-state index contributed by atoms with van der Waals surface area (Å²) in [6.07, 6.45) is 0.833. The first kappa shape index (κ1) is 23.3. The fourth-order valence-corrected chi connectivity index (χ4v) is 3.04. The summed E-state index contributed by atoms with van der Waals surface area (Å²) in [4.78, 5) is 22.5. The van der Waals surface area contributed by atoms with Crippen molar-refractivity contribution in [1.29, 1.82) is 0 Å². The van der Waals surface area contributed by atoms with Gasteiger partial charge >= 0.3 is 0 Å². The Morgan fingerprint density at radius 3 is 2.00 bits per heavy atom. The molecular weight excluding hydrogens is 412 g/mol. The number of benzene rings is 4. The van der Waals surface area contributed by atoms with Crippen molar-refractivity contribution in [3.63, 3.8) is 0 Å². The molecular formula is C28H26N2O3. The Bertz CT molecular complexity index is 1150. The number of para-hydroxylation sites is 1. The number of ether oxygens (including phenoxy) is 1. The highest BCUT2D eigenvalue weighted by Gasteiger charge is 2.10. The van der Waals surface area contributed by atoms with Gasteiger partial charge in [-0.05, 0) is 35.9 Å². The maximum absolute atomic E-state index is 12.5. The third kappa shape index (κ3) is 7.36. The lowest BCUT2D eigenvalue weighted by atomic mass is 10.1. The molecule has 0 bridgehead atoms. The summed E-state index contributed by atoms with van der Waals surface area (Å²) >= 11 is 0. The first-order chi connectivity index (χ1) is 16.2. The summed E-state index contributed by atoms with van der Waals surface area (Å²) in [7, 11) is 1.62. The average Bonchev–Trinajstić information content (AvgIpc) is 2.89. The van der Waals surface area contributed by atoms with Crippen LogP contribution in [-0.4, -0.2) is 19.3 Å². The number of hydrogen-bond acceptors (Lipinski definition) is 4. The predicted molar refractivity (Wildman–Crippen MR) is 133 cm³/mol. The van der Waals surface area contributed by atoms with Crippen molar-refractivity contribution >= 4 is 23.6 Å². The van der Waals surface area contributed by atoms with Crippen LogP contribution in [0.3, 0.4) is 0 Å². The van der Waals surface area contributed by atoms with Gasteiger partial charge in [0.2, 0.25) is 0 Å². The summed E-state index contributed by atoms with van der Waals surface area (Å²) in [5, 5.41) is 6.22. The Morgan fingerprint density at radius 2 is 1.42 bits per heavy atom. The summed E-state index contributed by atoms with van der Waals surface area (Å²) in [5.74, 6) is 0.545. The van der Waals surface area contributed by atoms with Gasteiger partial charge in [-0.15, -0.1) is 0 Å². The number of anilines is 2. The van der Waals surface area contributed by atoms with E-state index in [1.807, 2.05) is 78.9 Å². The molecule has 0 heterocycles. The molecule has 0 saturated carbocycles. The fraction of sp³-hybridized carbons (Fsp3) is 0.0714. The molecule has 5 heteroatoms. The number of nitrogens with one attached hydrogen (secondary N) is 2. The average molecular weight is 439 g/mol. The van der Waals surface area contributed by atoms with Crippen LogP contribution in [0.1, 0.15) is 26.3 Å². The lowest BCUT2D eigenvalue weighted by Crippen LogP contribution is -2.12. The van der Waals surface area contributed by atoms with Crippen molar-refractivity contribution < 1.29 is 14.3 Å². The summed E-state index contributed by atoms with van der Waals surface area (Å²) in [6.45, 7) is 0.654. The number of hydrogen-bond donors (Lipinski definition) is 2. The van der Waals surface area contributed by atoms with Gasteiger partial charge in [0.1, 0.15) is 12.0 Å². The number of rotatable bonds is 7. The van der Waals surface area contributed by atoms with Gasteiger partial charge in [-0.2, -0.15) is 0 Å². The minimum Gasteiger partial charge on any atom is -0.495 e. The number of amides is 1. The number of carbonyl (C=O) groups is 2. The van der Waals surface area contributed by atoms with E-state index in [1.54, 1.807) is 37.4 Å². The molecule has 4 aromatic rings. The Balaban J connectivity index is 0.000000323. The van der Waals surface area contributed by atoms with E-state index in [0.717, 1.165) is 28.8 Å². The molecule has 0 saturated heterocycles. The van der Waals surface area contributed by atoms with Crippen molar-refractivity contribution in [2.24, 2.45) is 0 Å². The molecule has 0 aliphatic heterocycles. The van der Waals surface area contributed by atoms with E-state index in [4.69, 9.17) is 4.74 Å². The van der Waals surface area contributed by atoms with Gasteiger partial charge in [0, 0.05) is 23.4 Å². The Hall–Kier alpha value is -4.38. The normalized spacial score (nSPS) is 9.73. The highest BCUT2D eigenvalue weighted by atomic mass is 16.5. The van der Waals surface area contributed by atoms with Crippen LogP contribution in [-0.2, 0) is 6.54 Å². The lowest BCUT2D eigenvalue weighted by Gasteiger charge is -2.13. The highest BCUT2D eigenvalue weighted by Crippen LogP contribution is 2.26. The van der Waals surface area contributed by atoms with E-state index in [0.29, 0.717) is 17.9 Å². The van der Waals surface area contributed by atoms with Gasteiger partial charge in [-0.1, -0.05) is 78.9 Å². The van der Waals surface area contributed by atoms with Crippen LogP contribution in [0.2, 0.25) is 0 Å². The molecule has 1 amide bonds. The molecule has 0 unspecified atom stereocenters. The molecule has 0 aromatic heterocycles. The molecule has 0 spiro atoms. The molecule has 0 atom stereocenters. The smallest absolute Gasteiger partial charge is 0.255 e. The van der Waals surface area contributed by atoms with Crippen molar-refractivity contribution in [3.8, 4) is 5.75 Å². The zero-order valence-electron chi connectivity index (χ0n) is 18.4. The van der Waals surface area contributed by atoms with Crippen LogP contribution in [0.4, 0.5) is 11.4 Å². The zero-order valence-corrected chi connectivity index (χ0v) is 18.4. The second-order valence-corrected chi connectivity index (χ2v) is 7.10. The third-order valence-electron chi connectivity index (χ3n) is 4.75. The summed E-state index contributed by atoms with van der Waals surface area (Å²) in [6, 6.07) is 33.9. The van der Waals surface area contributed by atoms with Crippen LogP contribution in [0, 0.1) is 0 Å². The number of methoxy groups -OCH3 is 1. The van der Waals surface area contributed by atoms with Crippen molar-refractivity contribution in [2.75, 3.05) is 17.7 Å². The second kappa shape index (κ2) is 12.5. The van der Waals surface area contributed by atoms with Crippen LogP contribution in [0.15, 0.2) is 109 Å². The Labute approximate surface area is 194 Å². The van der Waals surface area contributed by atoms with Crippen molar-refractivity contribution in [1.82, 2.24) is 0 Å². The van der Waals surface area contributed by atoms with Crippen LogP contribution >= 0.6 is 0 Å². The van der Waals surface area contributed by atoms with Gasteiger partial charge in [-0.25, -0.2) is 0 Å². The largest absolute Gasteiger partial charge is 0.495 e. The molecule has 0 aliphatic carbocycles. The summed E-state index contributed by atoms with van der Waals surface area (Å²) in [5.41, 5.74) is 4.01. The van der Waals surface area contributed by atoms with E-state index in [1.165, 1.54) is 0 Å². The summed E-state index contributed by atoms with van der Waals surface area (Å²) < 4.78 is 5.39. The predicted octanol–water partition coefficient (Wildman–Crippen LogP) is 6.06. The molecule has 2 N–H and O–H groups in total. The molecule has 5 nitrogen and oxygen atoms in total. The molecule has 4 rings (SSSR count). The fourth-order valence-electron chi connectivity index (χ4n) is 3.04. The van der Waals surface area contributed by atoms with Gasteiger partial charge in [0.25, 0.3) is 5.91 Å². The van der Waals surface area contributed by atoms with Crippen LogP contribution in [0.25, 0.3) is 0 Å². The first-order valence-corrected chi connectivity index (χ1v) is 10.5. The molecule has 4 aromatic carbocycles. The minimum atomic E-state index is -0.156. The second-order valence-electron chi connectivity index (χ2n) is 7.10. The quantitative estimate of drug-likeness (QED) is 0.344. The third-order valence-corrected chi connectivity index (χ3v) is 4.75. The molecule has 0 aliphatic rings. The van der Waals surface area contributed by atoms with E-state index >= 15 is 0 Å². The van der Waals surface area contributed by atoms with Crippen LogP contribution in [0.5, 0.6) is 5.75 Å². The van der Waals surface area contributed by atoms with Crippen LogP contribution < -0.4 is 15.4 Å². The molecule has 0 fully saturated rings. The maximum Gasteiger partial charge on any atom is 0.255 e. The number of aldehydes is 1. The van der Waals surface area contributed by atoms with Gasteiger partial charge in [-0.3, -0.25) is 9.59 Å². The van der Waals surface area contributed by atoms with E-state index in [9.17, 15) is 9.59 Å². The van der Waals surface area contributed by atoms with E-state index in [2.05, 4.69) is 10.6 Å². The minimum absolute atomic E-state index is 0.156. The van der Waals surface area contributed by atoms with Crippen molar-refractivity contribution in [3.05, 3.63) is 126 Å². The Morgan fingerprint density at radius 1 is 0.818 bits per heavy atom. The van der Waals surface area contributed by atoms with Gasteiger partial charge < -0.3 is 15.4 Å². The van der Waals surface area contributed by atoms with E-state index < -0.39 is 0 Å². The lowest BCUT2D eigenvalue weighted by molar-refractivity contribution is 0.102. The standard InChI is InChI=1S/C21H20N2O2.C7H6O/c1-25-20-13-12-17(21(24)23-18-10-6-3-7-11-18)14-19(20)22-15-16-8-4-2-5-9-16;8-6-7-4-2-1-3-5-7/h2-14,22H,15H2,1H3,(H,23,24);1-6H. The Kier molecular flexibility index (Phi) is 8.80. The molecule has 166 valence electrons. The van der Waals surface area contributed by atoms with Gasteiger partial charge in [0.05, 0.1) is 12.8 Å². The number of carbonyl (C=O) groups excluding carboxylic acids is 2. The SMILES string of the molecule is COc1ccc(C(=O)Nc2ccccc2)cc1NCc1ccccc1.O=Cc1ccccc1. The highest BCUT2D eigenvalue weighted by molar-refractivity contribution is 6.05. The van der Waals surface area contributed by atoms with Crippen molar-refractivity contribution in [2.45, 2.75) is 6.54 Å². The first-order valence-electron chi connectivity index (χ1n) is 10.5. The topological polar surface area (TPSA) is 67.4 Å². The molecule has 0 radical (unpaired) electrons. The van der Waals surface area contributed by atoms with E-state index in [-0.39, 0.29) is 5.91 Å².